The fourth-order valence-electron chi connectivity index (χ4n) is 1.99. The Morgan fingerprint density at radius 3 is 2.75 bits per heavy atom. The lowest BCUT2D eigenvalue weighted by atomic mass is 10.2. The number of hydroxylamine groups is 1. The fraction of sp³-hybridized carbons (Fsp3) is 0.200. The van der Waals surface area contributed by atoms with Crippen LogP contribution in [0.1, 0.15) is 0 Å². The van der Waals surface area contributed by atoms with Gasteiger partial charge in [0.05, 0.1) is 6.54 Å². The molecule has 1 heterocycles. The van der Waals surface area contributed by atoms with Gasteiger partial charge in [0, 0.05) is 6.07 Å². The SMILES string of the molecule is ONCC1COc2ccc(Oc3ccccc3)cc2O1. The lowest BCUT2D eigenvalue weighted by molar-refractivity contribution is 0.0525. The maximum Gasteiger partial charge on any atom is 0.165 e. The predicted octanol–water partition coefficient (Wildman–Crippen LogP) is 2.60. The molecule has 0 bridgehead atoms. The molecule has 104 valence electrons. The molecule has 0 amide bonds. The standard InChI is InChI=1S/C15H15NO4/c17-16-9-13-10-18-14-7-6-12(8-15(14)20-13)19-11-4-2-1-3-5-11/h1-8,13,16-17H,9-10H2. The summed E-state index contributed by atoms with van der Waals surface area (Å²) in [6.07, 6.45) is -0.223. The van der Waals surface area contributed by atoms with Crippen molar-refractivity contribution in [2.45, 2.75) is 6.10 Å². The molecule has 0 aliphatic carbocycles. The van der Waals surface area contributed by atoms with E-state index < -0.39 is 0 Å². The molecule has 5 nitrogen and oxygen atoms in total. The first-order chi connectivity index (χ1) is 9.85. The van der Waals surface area contributed by atoms with E-state index in [0.29, 0.717) is 30.4 Å². The largest absolute Gasteiger partial charge is 0.486 e. The van der Waals surface area contributed by atoms with Crippen LogP contribution < -0.4 is 19.7 Å². The summed E-state index contributed by atoms with van der Waals surface area (Å²) in [4.78, 5) is 0. The Balaban J connectivity index is 1.77. The molecule has 1 unspecified atom stereocenters. The van der Waals surface area contributed by atoms with Crippen LogP contribution in [0.5, 0.6) is 23.0 Å². The lowest BCUT2D eigenvalue weighted by Crippen LogP contribution is -2.37. The number of benzene rings is 2. The highest BCUT2D eigenvalue weighted by Gasteiger charge is 2.21. The summed E-state index contributed by atoms with van der Waals surface area (Å²) in [7, 11) is 0. The molecule has 2 N–H and O–H groups in total. The van der Waals surface area contributed by atoms with Crippen molar-refractivity contribution in [1.29, 1.82) is 0 Å². The van der Waals surface area contributed by atoms with Gasteiger partial charge in [-0.05, 0) is 24.3 Å². The van der Waals surface area contributed by atoms with Crippen molar-refractivity contribution >= 4 is 0 Å². The van der Waals surface area contributed by atoms with Gasteiger partial charge in [-0.1, -0.05) is 18.2 Å². The lowest BCUT2D eigenvalue weighted by Gasteiger charge is -2.26. The normalized spacial score (nSPS) is 16.8. The maximum atomic E-state index is 8.71. The fourth-order valence-corrected chi connectivity index (χ4v) is 1.99. The molecule has 3 rings (SSSR count). The zero-order valence-corrected chi connectivity index (χ0v) is 10.8. The molecule has 0 saturated heterocycles. The smallest absolute Gasteiger partial charge is 0.165 e. The molecule has 1 atom stereocenters. The van der Waals surface area contributed by atoms with Gasteiger partial charge in [0.1, 0.15) is 24.2 Å². The minimum absolute atomic E-state index is 0.223. The summed E-state index contributed by atoms with van der Waals surface area (Å²) in [6, 6.07) is 15.0. The molecule has 0 aromatic heterocycles. The first-order valence-electron chi connectivity index (χ1n) is 6.38. The summed E-state index contributed by atoms with van der Waals surface area (Å²) in [6.45, 7) is 0.711. The average molecular weight is 273 g/mol. The Kier molecular flexibility index (Phi) is 3.71. The van der Waals surface area contributed by atoms with Crippen LogP contribution in [-0.2, 0) is 0 Å². The summed E-state index contributed by atoms with van der Waals surface area (Å²) in [5.74, 6) is 2.73. The van der Waals surface area contributed by atoms with Gasteiger partial charge in [0.15, 0.2) is 11.5 Å². The molecule has 1 aliphatic heterocycles. The number of hydrogen-bond acceptors (Lipinski definition) is 5. The molecule has 0 radical (unpaired) electrons. The van der Waals surface area contributed by atoms with Gasteiger partial charge in [-0.15, -0.1) is 0 Å². The zero-order valence-electron chi connectivity index (χ0n) is 10.8. The van der Waals surface area contributed by atoms with E-state index in [1.807, 2.05) is 42.5 Å². The van der Waals surface area contributed by atoms with Crippen LogP contribution in [-0.4, -0.2) is 24.5 Å². The first kappa shape index (κ1) is 12.8. The summed E-state index contributed by atoms with van der Waals surface area (Å²) in [5, 5.41) is 8.71. The third-order valence-corrected chi connectivity index (χ3v) is 2.93. The van der Waals surface area contributed by atoms with Crippen molar-refractivity contribution in [3.8, 4) is 23.0 Å². The number of nitrogens with one attached hydrogen (secondary N) is 1. The second-order valence-corrected chi connectivity index (χ2v) is 4.44. The van der Waals surface area contributed by atoms with Crippen LogP contribution in [0.25, 0.3) is 0 Å². The van der Waals surface area contributed by atoms with Crippen LogP contribution in [0.4, 0.5) is 0 Å². The van der Waals surface area contributed by atoms with Gasteiger partial charge < -0.3 is 19.4 Å². The van der Waals surface area contributed by atoms with Gasteiger partial charge in [0.25, 0.3) is 0 Å². The van der Waals surface area contributed by atoms with E-state index in [-0.39, 0.29) is 6.10 Å². The molecule has 0 fully saturated rings. The van der Waals surface area contributed by atoms with Crippen LogP contribution in [0.2, 0.25) is 0 Å². The van der Waals surface area contributed by atoms with Gasteiger partial charge in [-0.25, -0.2) is 5.48 Å². The monoisotopic (exact) mass is 273 g/mol. The first-order valence-corrected chi connectivity index (χ1v) is 6.38. The summed E-state index contributed by atoms with van der Waals surface area (Å²) < 4.78 is 17.0. The van der Waals surface area contributed by atoms with Crippen LogP contribution in [0.3, 0.4) is 0 Å². The van der Waals surface area contributed by atoms with Gasteiger partial charge in [-0.3, -0.25) is 0 Å². The molecule has 0 saturated carbocycles. The molecule has 0 spiro atoms. The van der Waals surface area contributed by atoms with Crippen molar-refractivity contribution in [2.24, 2.45) is 0 Å². The Hall–Kier alpha value is -2.24. The van der Waals surface area contributed by atoms with Crippen molar-refractivity contribution in [1.82, 2.24) is 5.48 Å². The minimum Gasteiger partial charge on any atom is -0.486 e. The van der Waals surface area contributed by atoms with E-state index >= 15 is 0 Å². The predicted molar refractivity (Wildman–Crippen MR) is 72.7 cm³/mol. The van der Waals surface area contributed by atoms with E-state index in [9.17, 15) is 0 Å². The second kappa shape index (κ2) is 5.81. The highest BCUT2D eigenvalue weighted by Crippen LogP contribution is 2.36. The third-order valence-electron chi connectivity index (χ3n) is 2.93. The second-order valence-electron chi connectivity index (χ2n) is 4.44. The Bertz CT molecular complexity index is 573. The number of para-hydroxylation sites is 1. The topological polar surface area (TPSA) is 60.0 Å². The van der Waals surface area contributed by atoms with E-state index in [4.69, 9.17) is 19.4 Å². The van der Waals surface area contributed by atoms with Crippen molar-refractivity contribution in [3.63, 3.8) is 0 Å². The van der Waals surface area contributed by atoms with Gasteiger partial charge in [-0.2, -0.15) is 0 Å². The molecule has 2 aromatic rings. The van der Waals surface area contributed by atoms with Crippen molar-refractivity contribution < 1.29 is 19.4 Å². The van der Waals surface area contributed by atoms with Crippen molar-refractivity contribution in [3.05, 3.63) is 48.5 Å². The van der Waals surface area contributed by atoms with Crippen LogP contribution in [0, 0.1) is 0 Å². The summed E-state index contributed by atoms with van der Waals surface area (Å²) in [5.41, 5.74) is 2.09. The minimum atomic E-state index is -0.223. The Labute approximate surface area is 116 Å². The maximum absolute atomic E-state index is 8.71. The molecule has 2 aromatic carbocycles. The summed E-state index contributed by atoms with van der Waals surface area (Å²) >= 11 is 0. The number of ether oxygens (including phenoxy) is 3. The zero-order chi connectivity index (χ0) is 13.8. The van der Waals surface area contributed by atoms with E-state index in [1.165, 1.54) is 0 Å². The average Bonchev–Trinajstić information content (AvgIpc) is 2.48. The Morgan fingerprint density at radius 2 is 1.95 bits per heavy atom. The van der Waals surface area contributed by atoms with E-state index in [2.05, 4.69) is 5.48 Å². The highest BCUT2D eigenvalue weighted by molar-refractivity contribution is 5.47. The molecule has 20 heavy (non-hydrogen) atoms. The molecular formula is C15H15NO4. The van der Waals surface area contributed by atoms with E-state index in [1.54, 1.807) is 6.07 Å². The van der Waals surface area contributed by atoms with Gasteiger partial charge in [0.2, 0.25) is 0 Å². The molecule has 5 heteroatoms. The van der Waals surface area contributed by atoms with Crippen molar-refractivity contribution in [2.75, 3.05) is 13.2 Å². The van der Waals surface area contributed by atoms with Gasteiger partial charge >= 0.3 is 0 Å². The molecule has 1 aliphatic rings. The van der Waals surface area contributed by atoms with Crippen LogP contribution >= 0.6 is 0 Å². The number of fused-ring (bicyclic) bond motifs is 1. The highest BCUT2D eigenvalue weighted by atomic mass is 16.6. The van der Waals surface area contributed by atoms with E-state index in [0.717, 1.165) is 5.75 Å². The quantitative estimate of drug-likeness (QED) is 0.838. The number of hydrogen-bond donors (Lipinski definition) is 2. The Morgan fingerprint density at radius 1 is 1.10 bits per heavy atom. The number of rotatable bonds is 4. The third kappa shape index (κ3) is 2.84. The molecular weight excluding hydrogens is 258 g/mol. The van der Waals surface area contributed by atoms with Crippen LogP contribution in [0.15, 0.2) is 48.5 Å².